The number of halogens is 2. The van der Waals surface area contributed by atoms with Crippen LogP contribution in [0.4, 0.5) is 0 Å². The molecule has 0 heterocycles. The van der Waals surface area contributed by atoms with Gasteiger partial charge in [0.15, 0.2) is 0 Å². The normalized spacial score (nSPS) is 18.0. The van der Waals surface area contributed by atoms with Crippen LogP contribution >= 0.6 is 31.9 Å². The predicted molar refractivity (Wildman–Crippen MR) is 63.1 cm³/mol. The molecule has 0 bridgehead atoms. The molecule has 1 saturated carbocycles. The Morgan fingerprint density at radius 3 is 2.46 bits per heavy atom. The van der Waals surface area contributed by atoms with Crippen LogP contribution in [0.15, 0.2) is 27.1 Å². The summed E-state index contributed by atoms with van der Waals surface area (Å²) in [5.41, 5.74) is 1.48. The largest absolute Gasteiger partial charge is 0.0527 e. The van der Waals surface area contributed by atoms with Gasteiger partial charge in [-0.3, -0.25) is 0 Å². The fourth-order valence-electron chi connectivity index (χ4n) is 2.06. The van der Waals surface area contributed by atoms with Crippen molar-refractivity contribution in [3.63, 3.8) is 0 Å². The summed E-state index contributed by atoms with van der Waals surface area (Å²) in [4.78, 5) is 0. The lowest BCUT2D eigenvalue weighted by molar-refractivity contribution is 0.719. The molecule has 13 heavy (non-hydrogen) atoms. The van der Waals surface area contributed by atoms with Crippen molar-refractivity contribution in [3.05, 3.63) is 32.7 Å². The minimum Gasteiger partial charge on any atom is -0.0527 e. The molecular weight excluding hydrogens is 292 g/mol. The molecule has 0 aromatic heterocycles. The lowest BCUT2D eigenvalue weighted by atomic mass is 9.98. The molecule has 0 aliphatic heterocycles. The molecule has 1 aliphatic rings. The van der Waals surface area contributed by atoms with Gasteiger partial charge in [0, 0.05) is 8.95 Å². The molecule has 70 valence electrons. The Bertz CT molecular complexity index is 301. The van der Waals surface area contributed by atoms with Gasteiger partial charge in [0.05, 0.1) is 0 Å². The molecule has 1 aromatic rings. The van der Waals surface area contributed by atoms with E-state index in [9.17, 15) is 0 Å². The Morgan fingerprint density at radius 2 is 1.77 bits per heavy atom. The van der Waals surface area contributed by atoms with Crippen molar-refractivity contribution in [2.24, 2.45) is 0 Å². The molecular formula is C11H12Br2. The molecule has 0 spiro atoms. The zero-order chi connectivity index (χ0) is 9.26. The summed E-state index contributed by atoms with van der Waals surface area (Å²) in [5, 5.41) is 0. The van der Waals surface area contributed by atoms with Crippen molar-refractivity contribution in [1.29, 1.82) is 0 Å². The number of rotatable bonds is 1. The van der Waals surface area contributed by atoms with E-state index in [0.717, 1.165) is 5.92 Å². The molecule has 0 nitrogen and oxygen atoms in total. The summed E-state index contributed by atoms with van der Waals surface area (Å²) in [6.45, 7) is 0. The highest BCUT2D eigenvalue weighted by molar-refractivity contribution is 9.11. The van der Waals surface area contributed by atoms with Gasteiger partial charge in [0.25, 0.3) is 0 Å². The highest BCUT2D eigenvalue weighted by atomic mass is 79.9. The molecule has 0 unspecified atom stereocenters. The van der Waals surface area contributed by atoms with Gasteiger partial charge in [-0.05, 0) is 42.5 Å². The molecule has 1 fully saturated rings. The average Bonchev–Trinajstić information content (AvgIpc) is 2.61. The van der Waals surface area contributed by atoms with E-state index < -0.39 is 0 Å². The highest BCUT2D eigenvalue weighted by Gasteiger charge is 2.19. The van der Waals surface area contributed by atoms with E-state index in [-0.39, 0.29) is 0 Å². The van der Waals surface area contributed by atoms with Gasteiger partial charge in [-0.1, -0.05) is 44.7 Å². The topological polar surface area (TPSA) is 0 Å². The third-order valence-corrected chi connectivity index (χ3v) is 3.97. The fraction of sp³-hybridized carbons (Fsp3) is 0.455. The molecule has 1 aromatic carbocycles. The third-order valence-electron chi connectivity index (χ3n) is 2.75. The lowest BCUT2D eigenvalue weighted by Crippen LogP contribution is -1.93. The van der Waals surface area contributed by atoms with E-state index in [1.165, 1.54) is 40.2 Å². The van der Waals surface area contributed by atoms with Crippen molar-refractivity contribution in [2.75, 3.05) is 0 Å². The summed E-state index contributed by atoms with van der Waals surface area (Å²) < 4.78 is 2.46. The van der Waals surface area contributed by atoms with Crippen LogP contribution in [0.3, 0.4) is 0 Å². The molecule has 0 radical (unpaired) electrons. The first-order valence-corrected chi connectivity index (χ1v) is 6.31. The van der Waals surface area contributed by atoms with Gasteiger partial charge in [0.1, 0.15) is 0 Å². The summed E-state index contributed by atoms with van der Waals surface area (Å²) in [6.07, 6.45) is 5.50. The van der Waals surface area contributed by atoms with Gasteiger partial charge in [-0.15, -0.1) is 0 Å². The van der Waals surface area contributed by atoms with E-state index in [2.05, 4.69) is 50.1 Å². The van der Waals surface area contributed by atoms with E-state index in [1.54, 1.807) is 0 Å². The Morgan fingerprint density at radius 1 is 1.08 bits per heavy atom. The third kappa shape index (κ3) is 2.16. The van der Waals surface area contributed by atoms with Crippen LogP contribution in [0.25, 0.3) is 0 Å². The molecule has 0 amide bonds. The molecule has 2 rings (SSSR count). The SMILES string of the molecule is Brc1ccc(Br)c(C2CCCC2)c1. The fourth-order valence-corrected chi connectivity index (χ4v) is 3.01. The second-order valence-corrected chi connectivity index (χ2v) is 5.42. The van der Waals surface area contributed by atoms with Crippen molar-refractivity contribution < 1.29 is 0 Å². The zero-order valence-corrected chi connectivity index (χ0v) is 10.6. The van der Waals surface area contributed by atoms with Gasteiger partial charge in [-0.2, -0.15) is 0 Å². The second kappa shape index (κ2) is 4.14. The van der Waals surface area contributed by atoms with Crippen LogP contribution in [0.1, 0.15) is 37.2 Å². The van der Waals surface area contributed by atoms with Crippen molar-refractivity contribution in [3.8, 4) is 0 Å². The Kier molecular flexibility index (Phi) is 3.10. The first kappa shape index (κ1) is 9.72. The molecule has 0 N–H and O–H groups in total. The predicted octanol–water partition coefficient (Wildman–Crippen LogP) is 4.87. The minimum absolute atomic E-state index is 0.784. The van der Waals surface area contributed by atoms with Crippen LogP contribution in [0, 0.1) is 0 Å². The van der Waals surface area contributed by atoms with E-state index in [1.807, 2.05) is 0 Å². The van der Waals surface area contributed by atoms with Gasteiger partial charge < -0.3 is 0 Å². The van der Waals surface area contributed by atoms with Crippen LogP contribution < -0.4 is 0 Å². The average molecular weight is 304 g/mol. The van der Waals surface area contributed by atoms with Crippen molar-refractivity contribution >= 4 is 31.9 Å². The van der Waals surface area contributed by atoms with Crippen LogP contribution in [0.5, 0.6) is 0 Å². The maximum Gasteiger partial charge on any atom is 0.0210 e. The first-order valence-electron chi connectivity index (χ1n) is 4.72. The van der Waals surface area contributed by atoms with Crippen molar-refractivity contribution in [1.82, 2.24) is 0 Å². The van der Waals surface area contributed by atoms with Gasteiger partial charge in [0.2, 0.25) is 0 Å². The summed E-state index contributed by atoms with van der Waals surface area (Å²) in [6, 6.07) is 6.47. The monoisotopic (exact) mass is 302 g/mol. The van der Waals surface area contributed by atoms with Crippen LogP contribution in [-0.2, 0) is 0 Å². The van der Waals surface area contributed by atoms with Gasteiger partial charge in [-0.25, -0.2) is 0 Å². The Balaban J connectivity index is 2.32. The van der Waals surface area contributed by atoms with E-state index in [0.29, 0.717) is 0 Å². The molecule has 0 saturated heterocycles. The Labute approximate surface area is 96.0 Å². The highest BCUT2D eigenvalue weighted by Crippen LogP contribution is 2.38. The maximum atomic E-state index is 3.62. The van der Waals surface area contributed by atoms with Gasteiger partial charge >= 0.3 is 0 Å². The van der Waals surface area contributed by atoms with Crippen molar-refractivity contribution in [2.45, 2.75) is 31.6 Å². The molecule has 1 aliphatic carbocycles. The summed E-state index contributed by atoms with van der Waals surface area (Å²) >= 11 is 7.14. The molecule has 0 atom stereocenters. The van der Waals surface area contributed by atoms with E-state index in [4.69, 9.17) is 0 Å². The standard InChI is InChI=1S/C11H12Br2/c12-9-5-6-11(13)10(7-9)8-3-1-2-4-8/h5-8H,1-4H2. The zero-order valence-electron chi connectivity index (χ0n) is 7.39. The smallest absolute Gasteiger partial charge is 0.0210 e. The summed E-state index contributed by atoms with van der Waals surface area (Å²) in [5.74, 6) is 0.784. The van der Waals surface area contributed by atoms with Crippen LogP contribution in [0.2, 0.25) is 0 Å². The maximum absolute atomic E-state index is 3.62. The number of hydrogen-bond acceptors (Lipinski definition) is 0. The Hall–Kier alpha value is 0.180. The summed E-state index contributed by atoms with van der Waals surface area (Å²) in [7, 11) is 0. The number of benzene rings is 1. The second-order valence-electron chi connectivity index (χ2n) is 3.65. The first-order chi connectivity index (χ1) is 6.27. The van der Waals surface area contributed by atoms with E-state index >= 15 is 0 Å². The molecule has 2 heteroatoms. The lowest BCUT2D eigenvalue weighted by Gasteiger charge is -2.11. The number of hydrogen-bond donors (Lipinski definition) is 0. The quantitative estimate of drug-likeness (QED) is 0.694. The van der Waals surface area contributed by atoms with Crippen LogP contribution in [-0.4, -0.2) is 0 Å². The minimum atomic E-state index is 0.784.